The van der Waals surface area contributed by atoms with Crippen molar-refractivity contribution in [3.05, 3.63) is 60.7 Å². The fourth-order valence-electron chi connectivity index (χ4n) is 2.66. The molecule has 0 aromatic heterocycles. The second-order valence-electron chi connectivity index (χ2n) is 5.93. The molecule has 0 aliphatic carbocycles. The van der Waals surface area contributed by atoms with E-state index < -0.39 is 7.37 Å². The summed E-state index contributed by atoms with van der Waals surface area (Å²) in [5.74, 6) is 0.468. The summed E-state index contributed by atoms with van der Waals surface area (Å²) in [4.78, 5) is 0. The van der Waals surface area contributed by atoms with Crippen molar-refractivity contribution in [3.63, 3.8) is 0 Å². The molecular weight excluding hydrogens is 303 g/mol. The van der Waals surface area contributed by atoms with Gasteiger partial charge >= 0.3 is 0 Å². The number of hydrogen-bond donors (Lipinski definition) is 0. The van der Waals surface area contributed by atoms with Crippen molar-refractivity contribution in [2.24, 2.45) is 5.92 Å². The van der Waals surface area contributed by atoms with Crippen molar-refractivity contribution in [1.29, 1.82) is 0 Å². The highest BCUT2D eigenvalue weighted by Gasteiger charge is 2.29. The van der Waals surface area contributed by atoms with Crippen LogP contribution in [0, 0.1) is 5.92 Å². The van der Waals surface area contributed by atoms with Crippen LogP contribution in [0.2, 0.25) is 0 Å². The van der Waals surface area contributed by atoms with Crippen molar-refractivity contribution in [1.82, 2.24) is 0 Å². The Balaban J connectivity index is 2.23. The number of benzene rings is 2. The molecular formula is C20H27O2P. The van der Waals surface area contributed by atoms with E-state index in [2.05, 4.69) is 13.8 Å². The Labute approximate surface area is 140 Å². The summed E-state index contributed by atoms with van der Waals surface area (Å²) in [7, 11) is -3.02. The van der Waals surface area contributed by atoms with Crippen molar-refractivity contribution in [2.75, 3.05) is 6.61 Å². The van der Waals surface area contributed by atoms with E-state index in [9.17, 15) is 4.57 Å². The third-order valence-corrected chi connectivity index (χ3v) is 6.70. The van der Waals surface area contributed by atoms with Crippen LogP contribution >= 0.6 is 7.37 Å². The maximum atomic E-state index is 13.7. The van der Waals surface area contributed by atoms with E-state index in [0.717, 1.165) is 23.5 Å². The van der Waals surface area contributed by atoms with Crippen LogP contribution in [0.25, 0.3) is 0 Å². The third kappa shape index (κ3) is 4.80. The van der Waals surface area contributed by atoms with Crippen LogP contribution in [0.15, 0.2) is 60.7 Å². The van der Waals surface area contributed by atoms with Crippen LogP contribution in [0.3, 0.4) is 0 Å². The van der Waals surface area contributed by atoms with Gasteiger partial charge in [0.15, 0.2) is 0 Å². The van der Waals surface area contributed by atoms with Gasteiger partial charge in [0, 0.05) is 10.6 Å². The summed E-state index contributed by atoms with van der Waals surface area (Å²) in [6.07, 6.45) is 4.58. The molecule has 2 aromatic carbocycles. The highest BCUT2D eigenvalue weighted by molar-refractivity contribution is 7.74. The van der Waals surface area contributed by atoms with Gasteiger partial charge in [0.2, 0.25) is 0 Å². The molecule has 0 spiro atoms. The smallest absolute Gasteiger partial charge is 0.261 e. The minimum Gasteiger partial charge on any atom is -0.322 e. The lowest BCUT2D eigenvalue weighted by Crippen LogP contribution is -2.20. The number of unbranched alkanes of at least 4 members (excludes halogenated alkanes) is 1. The van der Waals surface area contributed by atoms with Gasteiger partial charge in [-0.1, -0.05) is 69.5 Å². The van der Waals surface area contributed by atoms with Gasteiger partial charge in [-0.15, -0.1) is 0 Å². The minimum absolute atomic E-state index is 0.468. The predicted octanol–water partition coefficient (Wildman–Crippen LogP) is 5.15. The van der Waals surface area contributed by atoms with E-state index in [-0.39, 0.29) is 0 Å². The lowest BCUT2D eigenvalue weighted by Gasteiger charge is -2.22. The summed E-state index contributed by atoms with van der Waals surface area (Å²) in [6, 6.07) is 19.2. The van der Waals surface area contributed by atoms with Gasteiger partial charge in [-0.25, -0.2) is 0 Å². The maximum Gasteiger partial charge on any atom is 0.261 e. The van der Waals surface area contributed by atoms with Crippen molar-refractivity contribution >= 4 is 18.0 Å². The monoisotopic (exact) mass is 330 g/mol. The maximum absolute atomic E-state index is 13.7. The average molecular weight is 330 g/mol. The average Bonchev–Trinajstić information content (AvgIpc) is 2.63. The fourth-order valence-corrected chi connectivity index (χ4v) is 4.80. The van der Waals surface area contributed by atoms with Crippen LogP contribution < -0.4 is 10.6 Å². The lowest BCUT2D eigenvalue weighted by atomic mass is 10.0. The van der Waals surface area contributed by atoms with Gasteiger partial charge < -0.3 is 4.52 Å². The highest BCUT2D eigenvalue weighted by Crippen LogP contribution is 2.45. The Hall–Kier alpha value is -1.37. The Bertz CT molecular complexity index is 567. The first-order valence-electron chi connectivity index (χ1n) is 8.56. The molecule has 0 saturated heterocycles. The zero-order chi connectivity index (χ0) is 16.5. The Morgan fingerprint density at radius 1 is 0.913 bits per heavy atom. The summed E-state index contributed by atoms with van der Waals surface area (Å²) in [5, 5.41) is 1.55. The van der Waals surface area contributed by atoms with Crippen molar-refractivity contribution in [2.45, 2.75) is 39.5 Å². The molecule has 0 aliphatic rings. The molecule has 0 fully saturated rings. The molecule has 1 atom stereocenters. The van der Waals surface area contributed by atoms with E-state index in [0.29, 0.717) is 12.5 Å². The summed E-state index contributed by atoms with van der Waals surface area (Å²) >= 11 is 0. The molecule has 2 nitrogen and oxygen atoms in total. The largest absolute Gasteiger partial charge is 0.322 e. The van der Waals surface area contributed by atoms with Crippen molar-refractivity contribution in [3.8, 4) is 0 Å². The molecule has 0 radical (unpaired) electrons. The van der Waals surface area contributed by atoms with Gasteiger partial charge in [0.25, 0.3) is 7.37 Å². The Kier molecular flexibility index (Phi) is 7.08. The quantitative estimate of drug-likeness (QED) is 0.594. The van der Waals surface area contributed by atoms with Crippen LogP contribution in [0.4, 0.5) is 0 Å². The minimum atomic E-state index is -3.02. The number of hydrogen-bond acceptors (Lipinski definition) is 2. The van der Waals surface area contributed by atoms with Crippen molar-refractivity contribution < 1.29 is 9.09 Å². The number of rotatable bonds is 9. The highest BCUT2D eigenvalue weighted by atomic mass is 31.2. The second-order valence-corrected chi connectivity index (χ2v) is 8.33. The standard InChI is InChI=1S/C20H27O2P/c1-3-5-12-18(4-2)17-22-23(21,19-13-8-6-9-14-19)20-15-10-7-11-16-20/h6-11,13-16,18H,3-5,12,17H2,1-2H3. The normalized spacial score (nSPS) is 13.0. The molecule has 0 bridgehead atoms. The van der Waals surface area contributed by atoms with E-state index in [1.165, 1.54) is 12.8 Å². The summed E-state index contributed by atoms with van der Waals surface area (Å²) < 4.78 is 19.8. The van der Waals surface area contributed by atoms with Crippen LogP contribution in [-0.2, 0) is 9.09 Å². The molecule has 1 unspecified atom stereocenters. The molecule has 0 saturated carbocycles. The first kappa shape index (κ1) is 18.0. The fraction of sp³-hybridized carbons (Fsp3) is 0.400. The summed E-state index contributed by atoms with van der Waals surface area (Å²) in [5.41, 5.74) is 0. The third-order valence-electron chi connectivity index (χ3n) is 4.23. The van der Waals surface area contributed by atoms with Crippen LogP contribution in [-0.4, -0.2) is 6.61 Å². The van der Waals surface area contributed by atoms with E-state index in [4.69, 9.17) is 4.52 Å². The van der Waals surface area contributed by atoms with E-state index >= 15 is 0 Å². The molecule has 0 amide bonds. The predicted molar refractivity (Wildman–Crippen MR) is 99.0 cm³/mol. The first-order chi connectivity index (χ1) is 11.2. The Morgan fingerprint density at radius 2 is 1.43 bits per heavy atom. The molecule has 0 aliphatic heterocycles. The van der Waals surface area contributed by atoms with Gasteiger partial charge in [-0.3, -0.25) is 4.57 Å². The first-order valence-corrected chi connectivity index (χ1v) is 10.2. The van der Waals surface area contributed by atoms with Gasteiger partial charge in [0.1, 0.15) is 0 Å². The molecule has 2 aromatic rings. The van der Waals surface area contributed by atoms with Gasteiger partial charge in [0.05, 0.1) is 6.61 Å². The SMILES string of the molecule is CCCCC(CC)COP(=O)(c1ccccc1)c1ccccc1. The molecule has 23 heavy (non-hydrogen) atoms. The molecule has 0 N–H and O–H groups in total. The molecule has 3 heteroatoms. The molecule has 124 valence electrons. The zero-order valence-corrected chi connectivity index (χ0v) is 15.0. The van der Waals surface area contributed by atoms with E-state index in [1.54, 1.807) is 0 Å². The lowest BCUT2D eigenvalue weighted by molar-refractivity contribution is 0.242. The van der Waals surface area contributed by atoms with Gasteiger partial charge in [-0.2, -0.15) is 0 Å². The molecule has 2 rings (SSSR count). The van der Waals surface area contributed by atoms with Crippen LogP contribution in [0.1, 0.15) is 39.5 Å². The van der Waals surface area contributed by atoms with Gasteiger partial charge in [-0.05, 0) is 36.6 Å². The Morgan fingerprint density at radius 3 is 1.87 bits per heavy atom. The topological polar surface area (TPSA) is 26.3 Å². The van der Waals surface area contributed by atoms with Crippen LogP contribution in [0.5, 0.6) is 0 Å². The zero-order valence-electron chi connectivity index (χ0n) is 14.2. The van der Waals surface area contributed by atoms with E-state index in [1.807, 2.05) is 60.7 Å². The summed E-state index contributed by atoms with van der Waals surface area (Å²) in [6.45, 7) is 4.93. The molecule has 0 heterocycles. The second kappa shape index (κ2) is 9.05.